The fraction of sp³-hybridized carbons (Fsp3) is 0.581. The van der Waals surface area contributed by atoms with Gasteiger partial charge in [0.15, 0.2) is 0 Å². The van der Waals surface area contributed by atoms with Crippen molar-refractivity contribution >= 4 is 23.9 Å². The summed E-state index contributed by atoms with van der Waals surface area (Å²) in [5, 5.41) is 29.6. The number of unbranched alkanes of at least 4 members (excludes halogenated alkanes) is 4. The van der Waals surface area contributed by atoms with Gasteiger partial charge in [-0.1, -0.05) is 142 Å². The molecular weight excluding hydrogens is 1240 g/mol. The third kappa shape index (κ3) is 26.6. The summed E-state index contributed by atoms with van der Waals surface area (Å²) in [5.74, 6) is 1.88. The summed E-state index contributed by atoms with van der Waals surface area (Å²) in [4.78, 5) is 51.8. The SMILES string of the molecule is C=C(C)C(=O)OCCCc1cc(-c2ccc(C3CCC(CCCCC)CC3)cc2CC)cc(CCCOC(=O)C(=C)CCC(=C)C(=O)OCCCc2cc(-c3ccc(C4CCC(CCCCC)CC4)cc3CC)cc(CCCOC(=O)C(=C)C)c2OCCC(CO)CO)c1OCCCO. The van der Waals surface area contributed by atoms with Gasteiger partial charge < -0.3 is 43.7 Å². The summed E-state index contributed by atoms with van der Waals surface area (Å²) in [6.07, 6.45) is 27.7. The minimum atomic E-state index is -0.563. The number of rotatable bonds is 47. The highest BCUT2D eigenvalue weighted by atomic mass is 16.5. The topological polar surface area (TPSA) is 184 Å². The molecular formula is C86H122O13. The molecule has 0 spiro atoms. The fourth-order valence-corrected chi connectivity index (χ4v) is 14.2. The summed E-state index contributed by atoms with van der Waals surface area (Å²) < 4.78 is 35.8. The van der Waals surface area contributed by atoms with Crippen LogP contribution >= 0.6 is 0 Å². The highest BCUT2D eigenvalue weighted by Gasteiger charge is 2.27. The normalized spacial score (nSPS) is 16.1. The van der Waals surface area contributed by atoms with Crippen LogP contribution in [0.5, 0.6) is 11.5 Å². The molecule has 0 aromatic heterocycles. The summed E-state index contributed by atoms with van der Waals surface area (Å²) in [5.41, 5.74) is 14.7. The van der Waals surface area contributed by atoms with E-state index in [1.54, 1.807) is 13.8 Å². The van der Waals surface area contributed by atoms with E-state index in [-0.39, 0.29) is 82.8 Å². The van der Waals surface area contributed by atoms with Crippen LogP contribution in [0, 0.1) is 17.8 Å². The first kappa shape index (κ1) is 81.2. The number of hydrogen-bond acceptors (Lipinski definition) is 13. The molecule has 13 heteroatoms. The van der Waals surface area contributed by atoms with E-state index in [0.717, 1.165) is 74.9 Å². The summed E-state index contributed by atoms with van der Waals surface area (Å²) in [6, 6.07) is 22.8. The number of ether oxygens (including phenoxy) is 6. The van der Waals surface area contributed by atoms with Crippen LogP contribution in [0.25, 0.3) is 22.3 Å². The number of benzene rings is 4. The van der Waals surface area contributed by atoms with Crippen molar-refractivity contribution in [3.05, 3.63) is 154 Å². The smallest absolute Gasteiger partial charge is 0.333 e. The van der Waals surface area contributed by atoms with Crippen molar-refractivity contribution in [3.63, 3.8) is 0 Å². The lowest BCUT2D eigenvalue weighted by atomic mass is 9.76. The van der Waals surface area contributed by atoms with E-state index < -0.39 is 23.9 Å². The van der Waals surface area contributed by atoms with Crippen LogP contribution < -0.4 is 9.47 Å². The van der Waals surface area contributed by atoms with Gasteiger partial charge in [-0.25, -0.2) is 19.2 Å². The van der Waals surface area contributed by atoms with E-state index in [0.29, 0.717) is 99.5 Å². The molecule has 0 amide bonds. The van der Waals surface area contributed by atoms with E-state index in [1.807, 2.05) is 0 Å². The van der Waals surface area contributed by atoms with E-state index in [2.05, 4.69) is 115 Å². The molecule has 2 aliphatic rings. The van der Waals surface area contributed by atoms with Gasteiger partial charge in [-0.05, 0) is 263 Å². The van der Waals surface area contributed by atoms with E-state index in [9.17, 15) is 34.5 Å². The van der Waals surface area contributed by atoms with Gasteiger partial charge in [0.05, 0.1) is 39.6 Å². The number of aryl methyl sites for hydroxylation is 6. The average molecular weight is 1360 g/mol. The molecule has 0 atom stereocenters. The van der Waals surface area contributed by atoms with Crippen molar-refractivity contribution in [2.24, 2.45) is 17.8 Å². The first-order chi connectivity index (χ1) is 47.9. The van der Waals surface area contributed by atoms with Crippen LogP contribution in [0.3, 0.4) is 0 Å². The van der Waals surface area contributed by atoms with Crippen LogP contribution in [0.15, 0.2) is 109 Å². The number of aliphatic hydroxyl groups is 3. The molecule has 544 valence electrons. The Morgan fingerprint density at radius 2 is 0.798 bits per heavy atom. The second-order valence-corrected chi connectivity index (χ2v) is 28.2. The van der Waals surface area contributed by atoms with Crippen molar-refractivity contribution in [2.75, 3.05) is 59.5 Å². The lowest BCUT2D eigenvalue weighted by Crippen LogP contribution is -2.16. The predicted molar refractivity (Wildman–Crippen MR) is 399 cm³/mol. The minimum absolute atomic E-state index is 0.0194. The zero-order chi connectivity index (χ0) is 71.5. The van der Waals surface area contributed by atoms with Gasteiger partial charge in [-0.15, -0.1) is 0 Å². The van der Waals surface area contributed by atoms with Gasteiger partial charge >= 0.3 is 23.9 Å². The number of aliphatic hydroxyl groups excluding tert-OH is 3. The molecule has 3 N–H and O–H groups in total. The molecule has 4 aromatic rings. The quantitative estimate of drug-likeness (QED) is 0.0164. The van der Waals surface area contributed by atoms with Gasteiger partial charge in [0.25, 0.3) is 0 Å². The van der Waals surface area contributed by atoms with Crippen molar-refractivity contribution in [2.45, 2.75) is 246 Å². The number of carbonyl (C=O) groups excluding carboxylic acids is 4. The molecule has 0 saturated heterocycles. The molecule has 13 nitrogen and oxygen atoms in total. The second kappa shape index (κ2) is 44.5. The van der Waals surface area contributed by atoms with Gasteiger partial charge in [0.2, 0.25) is 0 Å². The Morgan fingerprint density at radius 3 is 1.13 bits per heavy atom. The lowest BCUT2D eigenvalue weighted by molar-refractivity contribution is -0.140. The third-order valence-corrected chi connectivity index (χ3v) is 20.3. The molecule has 4 aromatic carbocycles. The Hall–Kier alpha value is -6.80. The maximum absolute atomic E-state index is 13.5. The minimum Gasteiger partial charge on any atom is -0.493 e. The average Bonchev–Trinajstić information content (AvgIpc) is 0.798. The Morgan fingerprint density at radius 1 is 0.434 bits per heavy atom. The van der Waals surface area contributed by atoms with Gasteiger partial charge in [-0.2, -0.15) is 0 Å². The zero-order valence-corrected chi connectivity index (χ0v) is 61.5. The first-order valence-corrected chi connectivity index (χ1v) is 38.0. The number of esters is 4. The number of carbonyl (C=O) groups is 4. The fourth-order valence-electron chi connectivity index (χ4n) is 14.2. The zero-order valence-electron chi connectivity index (χ0n) is 61.5. The molecule has 6 rings (SSSR count). The predicted octanol–water partition coefficient (Wildman–Crippen LogP) is 18.6. The van der Waals surface area contributed by atoms with Crippen LogP contribution in [-0.4, -0.2) is 98.7 Å². The van der Waals surface area contributed by atoms with Crippen molar-refractivity contribution < 1.29 is 62.9 Å². The first-order valence-electron chi connectivity index (χ1n) is 38.0. The molecule has 0 unspecified atom stereocenters. The van der Waals surface area contributed by atoms with Crippen molar-refractivity contribution in [1.82, 2.24) is 0 Å². The maximum atomic E-state index is 13.5. The van der Waals surface area contributed by atoms with Gasteiger partial charge in [0, 0.05) is 54.5 Å². The van der Waals surface area contributed by atoms with Gasteiger partial charge in [-0.3, -0.25) is 0 Å². The Balaban J connectivity index is 1.10. The third-order valence-electron chi connectivity index (χ3n) is 20.3. The molecule has 0 aliphatic heterocycles. The number of hydrogen-bond donors (Lipinski definition) is 3. The van der Waals surface area contributed by atoms with E-state index >= 15 is 0 Å². The van der Waals surface area contributed by atoms with E-state index in [4.69, 9.17) is 28.4 Å². The molecule has 0 heterocycles. The van der Waals surface area contributed by atoms with E-state index in [1.165, 1.54) is 125 Å². The molecule has 2 saturated carbocycles. The highest BCUT2D eigenvalue weighted by Crippen LogP contribution is 2.43. The van der Waals surface area contributed by atoms with Crippen molar-refractivity contribution in [1.29, 1.82) is 0 Å². The lowest BCUT2D eigenvalue weighted by Gasteiger charge is -2.29. The Bertz CT molecular complexity index is 3220. The molecule has 0 radical (unpaired) electrons. The Labute approximate surface area is 594 Å². The standard InChI is InChI=1S/C86H122O13/c1-11-15-17-24-64-32-36-69(37-33-64)71-40-42-79(67(13-3)52-71)77-54-73(26-19-46-96-83(90)60(5)6)81(94-50-23-45-87)74(55-77)28-21-48-98-85(92)62(9)30-31-63(10)86(93)99-49-22-29-76-57-78(56-75(27-20-47-97-84(91)61(7)8)82(76)95-51-44-66(58-88)59-89)80-43-41-72(53-68(80)14-4)70-38-34-65(35-39-70)25-18-16-12-2/h40-43,52-57,64-66,69-70,87-89H,5,7,9-39,44-51,58-59H2,1-4,6,8H3. The van der Waals surface area contributed by atoms with Crippen molar-refractivity contribution in [3.8, 4) is 33.8 Å². The molecule has 2 fully saturated rings. The summed E-state index contributed by atoms with van der Waals surface area (Å²) in [6.45, 7) is 28.6. The maximum Gasteiger partial charge on any atom is 0.333 e. The largest absolute Gasteiger partial charge is 0.493 e. The van der Waals surface area contributed by atoms with Crippen LogP contribution in [0.4, 0.5) is 0 Å². The van der Waals surface area contributed by atoms with Gasteiger partial charge in [0.1, 0.15) is 11.5 Å². The van der Waals surface area contributed by atoms with Crippen LogP contribution in [0.1, 0.15) is 252 Å². The monoisotopic (exact) mass is 1360 g/mol. The molecule has 0 bridgehead atoms. The highest BCUT2D eigenvalue weighted by molar-refractivity contribution is 5.90. The van der Waals surface area contributed by atoms with Crippen LogP contribution in [0.2, 0.25) is 0 Å². The molecule has 2 aliphatic carbocycles. The van der Waals surface area contributed by atoms with Crippen LogP contribution in [-0.2, 0) is 76.7 Å². The molecule has 99 heavy (non-hydrogen) atoms. The Kier molecular flexibility index (Phi) is 36.4. The second-order valence-electron chi connectivity index (χ2n) is 28.2. The summed E-state index contributed by atoms with van der Waals surface area (Å²) >= 11 is 0. The summed E-state index contributed by atoms with van der Waals surface area (Å²) in [7, 11) is 0.